The van der Waals surface area contributed by atoms with Gasteiger partial charge in [0.25, 0.3) is 5.91 Å². The first kappa shape index (κ1) is 17.5. The third-order valence-corrected chi connectivity index (χ3v) is 4.13. The fourth-order valence-electron chi connectivity index (χ4n) is 3.93. The van der Waals surface area contributed by atoms with E-state index < -0.39 is 11.5 Å². The van der Waals surface area contributed by atoms with Crippen molar-refractivity contribution >= 4 is 11.9 Å². The minimum atomic E-state index is -1.04. The summed E-state index contributed by atoms with van der Waals surface area (Å²) >= 11 is 0. The lowest BCUT2D eigenvalue weighted by atomic mass is 9.70. The molecule has 1 heterocycles. The maximum atomic E-state index is 12.6. The Balaban J connectivity index is 2.37. The summed E-state index contributed by atoms with van der Waals surface area (Å²) in [5.41, 5.74) is -1.12. The van der Waals surface area contributed by atoms with E-state index in [0.717, 1.165) is 0 Å². The number of hydrogen-bond donors (Lipinski definition) is 2. The summed E-state index contributed by atoms with van der Waals surface area (Å²) in [5, 5.41) is 6.48. The van der Waals surface area contributed by atoms with Crippen molar-refractivity contribution in [2.24, 2.45) is 0 Å². The van der Waals surface area contributed by atoms with Crippen LogP contribution >= 0.6 is 0 Å². The van der Waals surface area contributed by atoms with Crippen molar-refractivity contribution in [3.05, 3.63) is 35.9 Å². The van der Waals surface area contributed by atoms with Crippen LogP contribution in [0.2, 0.25) is 0 Å². The highest BCUT2D eigenvalue weighted by Crippen LogP contribution is 2.37. The predicted octanol–water partition coefficient (Wildman–Crippen LogP) is 2.27. The first-order valence-electron chi connectivity index (χ1n) is 7.85. The Labute approximate surface area is 137 Å². The standard InChI is InChI=1S/C18H26N2O3/c1-16(2)11-18(15(22)23-5,12-17(3,4)20-16)19-14(21)13-9-7-6-8-10-13/h6-10,20H,11-12H2,1-5H3,(H,19,21). The summed E-state index contributed by atoms with van der Waals surface area (Å²) in [5.74, 6) is -0.658. The van der Waals surface area contributed by atoms with Crippen molar-refractivity contribution in [3.8, 4) is 0 Å². The van der Waals surface area contributed by atoms with Gasteiger partial charge in [-0.3, -0.25) is 4.79 Å². The number of ether oxygens (including phenoxy) is 1. The van der Waals surface area contributed by atoms with Crippen LogP contribution < -0.4 is 10.6 Å². The lowest BCUT2D eigenvalue weighted by Gasteiger charge is -2.51. The minimum Gasteiger partial charge on any atom is -0.467 e. The van der Waals surface area contributed by atoms with Crippen LogP contribution in [0, 0.1) is 0 Å². The molecule has 2 N–H and O–H groups in total. The molecule has 0 saturated carbocycles. The zero-order valence-electron chi connectivity index (χ0n) is 14.5. The number of nitrogens with one attached hydrogen (secondary N) is 2. The third kappa shape index (κ3) is 3.91. The van der Waals surface area contributed by atoms with Crippen LogP contribution in [-0.4, -0.2) is 35.6 Å². The van der Waals surface area contributed by atoms with Crippen LogP contribution in [-0.2, 0) is 9.53 Å². The van der Waals surface area contributed by atoms with Crippen molar-refractivity contribution in [1.82, 2.24) is 10.6 Å². The van der Waals surface area contributed by atoms with Crippen LogP contribution in [0.4, 0.5) is 0 Å². The second-order valence-corrected chi connectivity index (χ2v) is 7.64. The number of carbonyl (C=O) groups excluding carboxylic acids is 2. The predicted molar refractivity (Wildman–Crippen MR) is 89.2 cm³/mol. The van der Waals surface area contributed by atoms with Gasteiger partial charge in [0.15, 0.2) is 0 Å². The molecule has 0 bridgehead atoms. The van der Waals surface area contributed by atoms with E-state index in [2.05, 4.69) is 10.6 Å². The molecule has 0 spiro atoms. The molecule has 126 valence electrons. The summed E-state index contributed by atoms with van der Waals surface area (Å²) in [6.45, 7) is 8.11. The van der Waals surface area contributed by atoms with Gasteiger partial charge < -0.3 is 15.4 Å². The molecule has 5 nitrogen and oxygen atoms in total. The summed E-state index contributed by atoms with van der Waals surface area (Å²) in [4.78, 5) is 25.2. The van der Waals surface area contributed by atoms with Gasteiger partial charge in [0, 0.05) is 16.6 Å². The maximum absolute atomic E-state index is 12.6. The Morgan fingerprint density at radius 2 is 1.57 bits per heavy atom. The van der Waals surface area contributed by atoms with Gasteiger partial charge in [0.2, 0.25) is 0 Å². The molecule has 0 atom stereocenters. The van der Waals surface area contributed by atoms with Crippen molar-refractivity contribution in [3.63, 3.8) is 0 Å². The van der Waals surface area contributed by atoms with Gasteiger partial charge in [-0.2, -0.15) is 0 Å². The van der Waals surface area contributed by atoms with E-state index in [-0.39, 0.29) is 17.0 Å². The van der Waals surface area contributed by atoms with E-state index in [1.807, 2.05) is 33.8 Å². The average molecular weight is 318 g/mol. The first-order chi connectivity index (χ1) is 10.6. The molecule has 0 aromatic heterocycles. The number of hydrogen-bond acceptors (Lipinski definition) is 4. The molecule has 1 fully saturated rings. The number of benzene rings is 1. The molecule has 0 radical (unpaired) electrons. The number of amides is 1. The van der Waals surface area contributed by atoms with E-state index >= 15 is 0 Å². The highest BCUT2D eigenvalue weighted by Gasteiger charge is 2.53. The Morgan fingerprint density at radius 3 is 2.04 bits per heavy atom. The third-order valence-electron chi connectivity index (χ3n) is 4.13. The largest absolute Gasteiger partial charge is 0.467 e. The first-order valence-corrected chi connectivity index (χ1v) is 7.85. The van der Waals surface area contributed by atoms with E-state index in [1.54, 1.807) is 24.3 Å². The summed E-state index contributed by atoms with van der Waals surface area (Å²) in [6, 6.07) is 8.92. The molecule has 1 aromatic carbocycles. The molecule has 1 saturated heterocycles. The zero-order chi connectivity index (χ0) is 17.3. The Bertz CT molecular complexity index is 578. The number of esters is 1. The molecule has 1 aromatic rings. The quantitative estimate of drug-likeness (QED) is 0.839. The van der Waals surface area contributed by atoms with Crippen LogP contribution in [0.25, 0.3) is 0 Å². The lowest BCUT2D eigenvalue weighted by Crippen LogP contribution is -2.70. The molecule has 0 aliphatic carbocycles. The van der Waals surface area contributed by atoms with Crippen molar-refractivity contribution in [2.75, 3.05) is 7.11 Å². The van der Waals surface area contributed by atoms with Crippen LogP contribution in [0.3, 0.4) is 0 Å². The van der Waals surface area contributed by atoms with Crippen LogP contribution in [0.5, 0.6) is 0 Å². The number of piperidine rings is 1. The lowest BCUT2D eigenvalue weighted by molar-refractivity contribution is -0.152. The van der Waals surface area contributed by atoms with Gasteiger partial charge in [-0.15, -0.1) is 0 Å². The van der Waals surface area contributed by atoms with Crippen LogP contribution in [0.1, 0.15) is 50.9 Å². The number of carbonyl (C=O) groups is 2. The second-order valence-electron chi connectivity index (χ2n) is 7.64. The second kappa shape index (κ2) is 5.96. The summed E-state index contributed by atoms with van der Waals surface area (Å²) in [7, 11) is 1.36. The minimum absolute atomic E-state index is 0.260. The van der Waals surface area contributed by atoms with Gasteiger partial charge in [-0.25, -0.2) is 4.79 Å². The Hall–Kier alpha value is -1.88. The SMILES string of the molecule is COC(=O)C1(NC(=O)c2ccccc2)CC(C)(C)NC(C)(C)C1. The fourth-order valence-corrected chi connectivity index (χ4v) is 3.93. The molecule has 1 amide bonds. The van der Waals surface area contributed by atoms with E-state index in [4.69, 9.17) is 4.74 Å². The monoisotopic (exact) mass is 318 g/mol. The normalized spacial score (nSPS) is 21.3. The van der Waals surface area contributed by atoms with E-state index in [0.29, 0.717) is 18.4 Å². The Kier molecular flexibility index (Phi) is 4.53. The topological polar surface area (TPSA) is 67.4 Å². The molecule has 23 heavy (non-hydrogen) atoms. The summed E-state index contributed by atoms with van der Waals surface area (Å²) in [6.07, 6.45) is 0.934. The molecule has 2 rings (SSSR count). The average Bonchev–Trinajstić information content (AvgIpc) is 2.43. The smallest absolute Gasteiger partial charge is 0.331 e. The molecule has 1 aliphatic rings. The van der Waals surface area contributed by atoms with Gasteiger partial charge in [-0.1, -0.05) is 18.2 Å². The van der Waals surface area contributed by atoms with Crippen molar-refractivity contribution in [2.45, 2.75) is 57.2 Å². The van der Waals surface area contributed by atoms with Crippen molar-refractivity contribution in [1.29, 1.82) is 0 Å². The highest BCUT2D eigenvalue weighted by atomic mass is 16.5. The van der Waals surface area contributed by atoms with Gasteiger partial charge in [0.1, 0.15) is 5.54 Å². The highest BCUT2D eigenvalue weighted by molar-refractivity contribution is 5.98. The summed E-state index contributed by atoms with van der Waals surface area (Å²) < 4.78 is 5.04. The molecule has 5 heteroatoms. The number of rotatable bonds is 3. The zero-order valence-corrected chi connectivity index (χ0v) is 14.5. The van der Waals surface area contributed by atoms with Crippen LogP contribution in [0.15, 0.2) is 30.3 Å². The molecule has 0 unspecified atom stereocenters. The van der Waals surface area contributed by atoms with Gasteiger partial charge in [-0.05, 0) is 52.7 Å². The van der Waals surface area contributed by atoms with Gasteiger partial charge in [0.05, 0.1) is 7.11 Å². The molecular weight excluding hydrogens is 292 g/mol. The molecule has 1 aliphatic heterocycles. The fraction of sp³-hybridized carbons (Fsp3) is 0.556. The van der Waals surface area contributed by atoms with Crippen molar-refractivity contribution < 1.29 is 14.3 Å². The number of methoxy groups -OCH3 is 1. The Morgan fingerprint density at radius 1 is 1.04 bits per heavy atom. The van der Waals surface area contributed by atoms with E-state index in [1.165, 1.54) is 7.11 Å². The van der Waals surface area contributed by atoms with E-state index in [9.17, 15) is 9.59 Å². The van der Waals surface area contributed by atoms with Gasteiger partial charge >= 0.3 is 5.97 Å². The maximum Gasteiger partial charge on any atom is 0.331 e. The molecular formula is C18H26N2O3.